The molecule has 1 aromatic heterocycles. The number of ether oxygens (including phenoxy) is 2. The van der Waals surface area contributed by atoms with Crippen LogP contribution < -0.4 is 4.74 Å². The summed E-state index contributed by atoms with van der Waals surface area (Å²) >= 11 is 5.97. The molecule has 1 aliphatic rings. The van der Waals surface area contributed by atoms with Gasteiger partial charge in [-0.3, -0.25) is 0 Å². The highest BCUT2D eigenvalue weighted by molar-refractivity contribution is 6.30. The van der Waals surface area contributed by atoms with Crippen molar-refractivity contribution in [2.45, 2.75) is 39.5 Å². The Balaban J connectivity index is 1.31. The van der Waals surface area contributed by atoms with Gasteiger partial charge in [0.1, 0.15) is 11.5 Å². The molecule has 6 nitrogen and oxygen atoms in total. The third kappa shape index (κ3) is 6.11. The van der Waals surface area contributed by atoms with E-state index in [2.05, 4.69) is 17.1 Å². The van der Waals surface area contributed by atoms with E-state index in [1.165, 1.54) is 5.56 Å². The second-order valence-electron chi connectivity index (χ2n) is 9.10. The van der Waals surface area contributed by atoms with Gasteiger partial charge in [0.2, 0.25) is 5.89 Å². The van der Waals surface area contributed by atoms with Crippen LogP contribution in [0.1, 0.15) is 43.2 Å². The Labute approximate surface area is 205 Å². The van der Waals surface area contributed by atoms with Crippen LogP contribution in [0, 0.1) is 12.8 Å². The van der Waals surface area contributed by atoms with Crippen molar-refractivity contribution in [3.05, 3.63) is 70.6 Å². The Kier molecular flexibility index (Phi) is 7.78. The Morgan fingerprint density at radius 1 is 1.24 bits per heavy atom. The molecule has 1 aliphatic heterocycles. The number of hydrogen-bond acceptors (Lipinski definition) is 5. The fourth-order valence-corrected chi connectivity index (χ4v) is 4.15. The number of likely N-dealkylation sites (tertiary alicyclic amines) is 1. The van der Waals surface area contributed by atoms with Gasteiger partial charge in [-0.2, -0.15) is 0 Å². The molecule has 34 heavy (non-hydrogen) atoms. The van der Waals surface area contributed by atoms with Crippen LogP contribution >= 0.6 is 11.6 Å². The van der Waals surface area contributed by atoms with E-state index in [9.17, 15) is 4.79 Å². The van der Waals surface area contributed by atoms with E-state index in [0.29, 0.717) is 49.6 Å². The number of halogens is 1. The minimum absolute atomic E-state index is 0.218. The molecule has 180 valence electrons. The van der Waals surface area contributed by atoms with Crippen LogP contribution in [0.2, 0.25) is 5.02 Å². The largest absolute Gasteiger partial charge is 0.493 e. The number of carbonyl (C=O) groups is 1. The maximum atomic E-state index is 12.3. The summed E-state index contributed by atoms with van der Waals surface area (Å²) in [6, 6.07) is 15.6. The molecule has 1 amide bonds. The average Bonchev–Trinajstić information content (AvgIpc) is 3.46. The van der Waals surface area contributed by atoms with Crippen LogP contribution in [0.5, 0.6) is 5.75 Å². The third-order valence-corrected chi connectivity index (χ3v) is 6.16. The van der Waals surface area contributed by atoms with Gasteiger partial charge in [0.25, 0.3) is 0 Å². The Bertz CT molecular complexity index is 1110. The number of oxazole rings is 1. The first-order valence-corrected chi connectivity index (χ1v) is 12.1. The Morgan fingerprint density at radius 2 is 2.03 bits per heavy atom. The molecule has 3 aromatic rings. The minimum atomic E-state index is -0.218. The quantitative estimate of drug-likeness (QED) is 0.366. The molecule has 0 saturated carbocycles. The third-order valence-electron chi connectivity index (χ3n) is 5.91. The van der Waals surface area contributed by atoms with E-state index >= 15 is 0 Å². The monoisotopic (exact) mass is 482 g/mol. The van der Waals surface area contributed by atoms with Gasteiger partial charge >= 0.3 is 6.09 Å². The number of rotatable bonds is 8. The molecule has 1 saturated heterocycles. The van der Waals surface area contributed by atoms with Crippen LogP contribution in [-0.4, -0.2) is 42.3 Å². The highest BCUT2D eigenvalue weighted by Crippen LogP contribution is 2.30. The Morgan fingerprint density at radius 3 is 2.79 bits per heavy atom. The highest BCUT2D eigenvalue weighted by atomic mass is 35.5. The normalized spacial score (nSPS) is 15.7. The lowest BCUT2D eigenvalue weighted by molar-refractivity contribution is 0.0991. The second-order valence-corrected chi connectivity index (χ2v) is 9.54. The van der Waals surface area contributed by atoms with Crippen LogP contribution in [-0.2, 0) is 11.2 Å². The number of carbonyl (C=O) groups excluding carboxylic acids is 1. The summed E-state index contributed by atoms with van der Waals surface area (Å²) in [4.78, 5) is 18.7. The van der Waals surface area contributed by atoms with E-state index in [1.54, 1.807) is 4.90 Å². The van der Waals surface area contributed by atoms with Gasteiger partial charge in [0.05, 0.1) is 18.9 Å². The Hall–Kier alpha value is -2.99. The lowest BCUT2D eigenvalue weighted by Crippen LogP contribution is -2.30. The van der Waals surface area contributed by atoms with Crippen LogP contribution in [0.15, 0.2) is 52.9 Å². The molecule has 0 aliphatic carbocycles. The van der Waals surface area contributed by atoms with Crippen LogP contribution in [0.4, 0.5) is 4.79 Å². The summed E-state index contributed by atoms with van der Waals surface area (Å²) < 4.78 is 17.2. The van der Waals surface area contributed by atoms with E-state index in [1.807, 2.05) is 57.2 Å². The molecule has 0 radical (unpaired) electrons. The molecule has 2 heterocycles. The van der Waals surface area contributed by atoms with Gasteiger partial charge in [-0.25, -0.2) is 9.78 Å². The fraction of sp³-hybridized carbons (Fsp3) is 0.407. The van der Waals surface area contributed by atoms with Crippen molar-refractivity contribution >= 4 is 17.7 Å². The predicted molar refractivity (Wildman–Crippen MR) is 132 cm³/mol. The zero-order valence-electron chi connectivity index (χ0n) is 19.9. The summed E-state index contributed by atoms with van der Waals surface area (Å²) in [5.41, 5.74) is 2.96. The molecule has 2 aromatic carbocycles. The molecular formula is C27H31ClN2O4. The molecule has 0 N–H and O–H groups in total. The van der Waals surface area contributed by atoms with Crippen molar-refractivity contribution < 1.29 is 18.7 Å². The number of benzene rings is 2. The zero-order chi connectivity index (χ0) is 24.1. The molecule has 0 spiro atoms. The van der Waals surface area contributed by atoms with Gasteiger partial charge in [0.15, 0.2) is 0 Å². The maximum absolute atomic E-state index is 12.3. The van der Waals surface area contributed by atoms with Crippen molar-refractivity contribution in [3.8, 4) is 17.2 Å². The maximum Gasteiger partial charge on any atom is 0.409 e. The first-order chi connectivity index (χ1) is 16.4. The van der Waals surface area contributed by atoms with Crippen molar-refractivity contribution in [2.75, 3.05) is 26.3 Å². The predicted octanol–water partition coefficient (Wildman–Crippen LogP) is 6.51. The molecule has 7 heteroatoms. The van der Waals surface area contributed by atoms with Crippen molar-refractivity contribution in [1.82, 2.24) is 9.88 Å². The van der Waals surface area contributed by atoms with Gasteiger partial charge in [0, 0.05) is 36.0 Å². The van der Waals surface area contributed by atoms with E-state index in [4.69, 9.17) is 25.5 Å². The molecule has 4 rings (SSSR count). The number of aromatic nitrogens is 1. The van der Waals surface area contributed by atoms with Crippen molar-refractivity contribution in [2.24, 2.45) is 5.92 Å². The van der Waals surface area contributed by atoms with E-state index in [0.717, 1.165) is 29.2 Å². The fourth-order valence-electron chi connectivity index (χ4n) is 4.03. The summed E-state index contributed by atoms with van der Waals surface area (Å²) in [6.07, 6.45) is 1.35. The molecule has 1 atom stereocenters. The number of nitrogens with zero attached hydrogens (tertiary/aromatic N) is 2. The number of aryl methyl sites for hydroxylation is 1. The second kappa shape index (κ2) is 11.0. The minimum Gasteiger partial charge on any atom is -0.493 e. The van der Waals surface area contributed by atoms with Crippen molar-refractivity contribution in [1.29, 1.82) is 0 Å². The first-order valence-electron chi connectivity index (χ1n) is 11.8. The van der Waals surface area contributed by atoms with E-state index in [-0.39, 0.29) is 12.0 Å². The average molecular weight is 483 g/mol. The smallest absolute Gasteiger partial charge is 0.409 e. The summed E-state index contributed by atoms with van der Waals surface area (Å²) in [5.74, 6) is 2.81. The molecule has 1 fully saturated rings. The lowest BCUT2D eigenvalue weighted by Gasteiger charge is -2.17. The molecular weight excluding hydrogens is 452 g/mol. The van der Waals surface area contributed by atoms with Gasteiger partial charge in [-0.05, 0) is 61.2 Å². The number of amides is 1. The van der Waals surface area contributed by atoms with Crippen LogP contribution in [0.25, 0.3) is 11.5 Å². The summed E-state index contributed by atoms with van der Waals surface area (Å²) in [7, 11) is 0. The summed E-state index contributed by atoms with van der Waals surface area (Å²) in [5, 5.41) is 0.680. The zero-order valence-corrected chi connectivity index (χ0v) is 20.7. The molecule has 0 bridgehead atoms. The molecule has 0 unspecified atom stereocenters. The van der Waals surface area contributed by atoms with E-state index < -0.39 is 0 Å². The van der Waals surface area contributed by atoms with Gasteiger partial charge in [-0.1, -0.05) is 37.6 Å². The van der Waals surface area contributed by atoms with Gasteiger partial charge < -0.3 is 18.8 Å². The lowest BCUT2D eigenvalue weighted by atomic mass is 9.98. The highest BCUT2D eigenvalue weighted by Gasteiger charge is 2.28. The van der Waals surface area contributed by atoms with Crippen molar-refractivity contribution in [3.63, 3.8) is 0 Å². The first kappa shape index (κ1) is 24.1. The summed E-state index contributed by atoms with van der Waals surface area (Å²) in [6.45, 7) is 8.33. The topological polar surface area (TPSA) is 64.8 Å². The van der Waals surface area contributed by atoms with Crippen LogP contribution in [0.3, 0.4) is 0 Å². The standard InChI is InChI=1S/C27H31ClN2O4/c1-18(2)17-33-27(31)30-13-11-22(16-30)21-5-4-6-24(15-21)32-14-12-25-19(3)34-26(29-25)20-7-9-23(28)10-8-20/h4-10,15,18,22H,11-14,16-17H2,1-3H3/t22-/m0/s1. The number of hydrogen-bond donors (Lipinski definition) is 0. The van der Waals surface area contributed by atoms with Gasteiger partial charge in [-0.15, -0.1) is 0 Å². The SMILES string of the molecule is Cc1oc(-c2ccc(Cl)cc2)nc1CCOc1cccc([C@H]2CCN(C(=O)OCC(C)C)C2)c1.